The van der Waals surface area contributed by atoms with Gasteiger partial charge in [-0.15, -0.1) is 11.3 Å². The van der Waals surface area contributed by atoms with Crippen molar-refractivity contribution in [2.45, 2.75) is 31.8 Å². The highest BCUT2D eigenvalue weighted by Crippen LogP contribution is 2.34. The van der Waals surface area contributed by atoms with E-state index < -0.39 is 0 Å². The molecule has 0 radical (unpaired) electrons. The minimum atomic E-state index is -0.197. The highest BCUT2D eigenvalue weighted by molar-refractivity contribution is 7.15. The number of likely N-dealkylation sites (N-methyl/N-ethyl adjacent to an activating group) is 1. The van der Waals surface area contributed by atoms with Gasteiger partial charge in [0.25, 0.3) is 17.4 Å². The van der Waals surface area contributed by atoms with Crippen LogP contribution >= 0.6 is 11.3 Å². The molecule has 0 aliphatic carbocycles. The Morgan fingerprint density at radius 3 is 2.89 bits per heavy atom. The van der Waals surface area contributed by atoms with Crippen molar-refractivity contribution in [3.63, 3.8) is 0 Å². The number of carbonyl (C=O) groups is 2. The topological polar surface area (TPSA) is 98.4 Å². The third-order valence-electron chi connectivity index (χ3n) is 7.21. The van der Waals surface area contributed by atoms with Gasteiger partial charge in [-0.1, -0.05) is 12.1 Å². The Labute approximate surface area is 217 Å². The van der Waals surface area contributed by atoms with Gasteiger partial charge in [0, 0.05) is 53.6 Å². The van der Waals surface area contributed by atoms with Crippen LogP contribution in [0.3, 0.4) is 0 Å². The van der Waals surface area contributed by atoms with Gasteiger partial charge in [0.05, 0.1) is 11.7 Å². The van der Waals surface area contributed by atoms with E-state index in [4.69, 9.17) is 0 Å². The molecular weight excluding hydrogens is 486 g/mol. The van der Waals surface area contributed by atoms with Crippen LogP contribution in [0.15, 0.2) is 59.5 Å². The van der Waals surface area contributed by atoms with E-state index in [-0.39, 0.29) is 23.4 Å². The second kappa shape index (κ2) is 9.57. The number of amides is 2. The van der Waals surface area contributed by atoms with Crippen LogP contribution in [0.1, 0.15) is 55.7 Å². The summed E-state index contributed by atoms with van der Waals surface area (Å²) < 4.78 is 0. The number of aromatic nitrogens is 2. The zero-order valence-corrected chi connectivity index (χ0v) is 21.3. The molecule has 1 atom stereocenters. The SMILES string of the molecule is CN1CCc2nc(NC(=O)c3cccc(C4CCCN4C(=O)c4ccc5c(=O)[nH]ccc5c4)c3)sc2C1. The predicted molar refractivity (Wildman–Crippen MR) is 144 cm³/mol. The molecule has 4 heterocycles. The Bertz CT molecular complexity index is 1580. The Balaban J connectivity index is 1.21. The first-order chi connectivity index (χ1) is 18.0. The van der Waals surface area contributed by atoms with E-state index in [2.05, 4.69) is 27.2 Å². The van der Waals surface area contributed by atoms with Crippen molar-refractivity contribution < 1.29 is 9.59 Å². The molecule has 2 aliphatic heterocycles. The molecule has 0 bridgehead atoms. The average molecular weight is 514 g/mol. The fourth-order valence-corrected chi connectivity index (χ4v) is 6.36. The van der Waals surface area contributed by atoms with Gasteiger partial charge in [-0.25, -0.2) is 4.98 Å². The molecule has 9 heteroatoms. The van der Waals surface area contributed by atoms with E-state index in [0.29, 0.717) is 28.2 Å². The second-order valence-electron chi connectivity index (χ2n) is 9.72. The van der Waals surface area contributed by atoms with Crippen LogP contribution in [0.25, 0.3) is 10.8 Å². The number of pyridine rings is 1. The van der Waals surface area contributed by atoms with Crippen molar-refractivity contribution in [2.24, 2.45) is 0 Å². The van der Waals surface area contributed by atoms with Crippen LogP contribution in [0.5, 0.6) is 0 Å². The van der Waals surface area contributed by atoms with Crippen LogP contribution in [-0.2, 0) is 13.0 Å². The van der Waals surface area contributed by atoms with Crippen LogP contribution in [-0.4, -0.2) is 51.7 Å². The molecule has 1 saturated heterocycles. The maximum atomic E-state index is 13.5. The first-order valence-corrected chi connectivity index (χ1v) is 13.3. The molecule has 2 amide bonds. The fourth-order valence-electron chi connectivity index (χ4n) is 5.28. The number of nitrogens with one attached hydrogen (secondary N) is 2. The van der Waals surface area contributed by atoms with Crippen LogP contribution in [0, 0.1) is 0 Å². The van der Waals surface area contributed by atoms with Gasteiger partial charge in [-0.2, -0.15) is 0 Å². The summed E-state index contributed by atoms with van der Waals surface area (Å²) >= 11 is 1.54. The van der Waals surface area contributed by atoms with Gasteiger partial charge < -0.3 is 14.8 Å². The summed E-state index contributed by atoms with van der Waals surface area (Å²) in [6.45, 7) is 2.48. The third-order valence-corrected chi connectivity index (χ3v) is 8.21. The molecule has 37 heavy (non-hydrogen) atoms. The summed E-state index contributed by atoms with van der Waals surface area (Å²) in [5.41, 5.74) is 2.95. The van der Waals surface area contributed by atoms with Gasteiger partial charge >= 0.3 is 0 Å². The summed E-state index contributed by atoms with van der Waals surface area (Å²) in [5, 5.41) is 4.89. The molecule has 2 aliphatic rings. The minimum Gasteiger partial charge on any atom is -0.332 e. The molecule has 2 N–H and O–H groups in total. The van der Waals surface area contributed by atoms with Crippen molar-refractivity contribution >= 4 is 39.1 Å². The molecule has 1 fully saturated rings. The van der Waals surface area contributed by atoms with Crippen LogP contribution in [0.2, 0.25) is 0 Å². The summed E-state index contributed by atoms with van der Waals surface area (Å²) in [6.07, 6.45) is 4.20. The van der Waals surface area contributed by atoms with E-state index in [9.17, 15) is 14.4 Å². The number of hydrogen-bond donors (Lipinski definition) is 2. The molecule has 8 nitrogen and oxygen atoms in total. The zero-order chi connectivity index (χ0) is 25.5. The average Bonchev–Trinajstić information content (AvgIpc) is 3.55. The smallest absolute Gasteiger partial charge is 0.257 e. The second-order valence-corrected chi connectivity index (χ2v) is 10.8. The first-order valence-electron chi connectivity index (χ1n) is 12.5. The lowest BCUT2D eigenvalue weighted by atomic mass is 10.0. The van der Waals surface area contributed by atoms with Crippen molar-refractivity contribution in [2.75, 3.05) is 25.5 Å². The number of aromatic amines is 1. The summed E-state index contributed by atoms with van der Waals surface area (Å²) in [4.78, 5) is 51.2. The standard InChI is InChI=1S/C28H27N5O3S/c1-32-13-10-22-24(16-32)37-28(30-22)31-25(34)19-5-2-4-18(15-19)23-6-3-12-33(23)27(36)20-7-8-21-17(14-20)9-11-29-26(21)35/h2,4-5,7-9,11,14-15,23H,3,6,10,12-13,16H2,1H3,(H,29,35)(H,30,31,34). The maximum absolute atomic E-state index is 13.5. The van der Waals surface area contributed by atoms with Crippen molar-refractivity contribution in [3.8, 4) is 0 Å². The van der Waals surface area contributed by atoms with E-state index in [0.717, 1.165) is 49.0 Å². The lowest BCUT2D eigenvalue weighted by Gasteiger charge is -2.25. The van der Waals surface area contributed by atoms with Crippen molar-refractivity contribution in [1.82, 2.24) is 19.8 Å². The van der Waals surface area contributed by atoms with E-state index in [1.807, 2.05) is 23.1 Å². The fraction of sp³-hybridized carbons (Fsp3) is 0.286. The highest BCUT2D eigenvalue weighted by atomic mass is 32.1. The van der Waals surface area contributed by atoms with Gasteiger partial charge in [0.15, 0.2) is 5.13 Å². The lowest BCUT2D eigenvalue weighted by Crippen LogP contribution is -2.30. The van der Waals surface area contributed by atoms with E-state index >= 15 is 0 Å². The van der Waals surface area contributed by atoms with Crippen LogP contribution < -0.4 is 10.9 Å². The molecule has 0 saturated carbocycles. The Hall–Kier alpha value is -3.82. The number of fused-ring (bicyclic) bond motifs is 2. The molecular formula is C28H27N5O3S. The molecule has 2 aromatic heterocycles. The molecule has 1 unspecified atom stereocenters. The number of carbonyl (C=O) groups excluding carboxylic acids is 2. The Morgan fingerprint density at radius 2 is 2.00 bits per heavy atom. The van der Waals surface area contributed by atoms with Gasteiger partial charge in [-0.3, -0.25) is 19.7 Å². The number of benzene rings is 2. The third kappa shape index (κ3) is 4.56. The maximum Gasteiger partial charge on any atom is 0.257 e. The zero-order valence-electron chi connectivity index (χ0n) is 20.5. The summed E-state index contributed by atoms with van der Waals surface area (Å²) in [5.74, 6) is -0.269. The molecule has 6 rings (SSSR count). The number of H-pyrrole nitrogens is 1. The van der Waals surface area contributed by atoms with E-state index in [1.165, 1.54) is 16.2 Å². The quantitative estimate of drug-likeness (QED) is 0.426. The monoisotopic (exact) mass is 513 g/mol. The largest absolute Gasteiger partial charge is 0.332 e. The predicted octanol–water partition coefficient (Wildman–Crippen LogP) is 4.20. The summed E-state index contributed by atoms with van der Waals surface area (Å²) in [7, 11) is 2.09. The number of anilines is 1. The normalized spacial score (nSPS) is 17.6. The molecule has 4 aromatic rings. The molecule has 0 spiro atoms. The van der Waals surface area contributed by atoms with E-state index in [1.54, 1.807) is 36.5 Å². The summed E-state index contributed by atoms with van der Waals surface area (Å²) in [6, 6.07) is 14.4. The van der Waals surface area contributed by atoms with Crippen LogP contribution in [0.4, 0.5) is 5.13 Å². The van der Waals surface area contributed by atoms with Crippen molar-refractivity contribution in [3.05, 3.63) is 92.3 Å². The first kappa shape index (κ1) is 23.6. The number of hydrogen-bond acceptors (Lipinski definition) is 6. The molecule has 188 valence electrons. The minimum absolute atomic E-state index is 0.0714. The van der Waals surface area contributed by atoms with Gasteiger partial charge in [-0.05, 0) is 67.2 Å². The van der Waals surface area contributed by atoms with Crippen molar-refractivity contribution in [1.29, 1.82) is 0 Å². The molecule has 2 aromatic carbocycles. The lowest BCUT2D eigenvalue weighted by molar-refractivity contribution is 0.0736. The number of rotatable bonds is 4. The number of likely N-dealkylation sites (tertiary alicyclic amines) is 1. The Kier molecular flexibility index (Phi) is 6.10. The Morgan fingerprint density at radius 1 is 1.11 bits per heavy atom. The van der Waals surface area contributed by atoms with Gasteiger partial charge in [0.2, 0.25) is 0 Å². The number of nitrogens with zero attached hydrogens (tertiary/aromatic N) is 3. The highest BCUT2D eigenvalue weighted by Gasteiger charge is 2.31. The number of thiazole rings is 1. The van der Waals surface area contributed by atoms with Gasteiger partial charge in [0.1, 0.15) is 0 Å².